The molecule has 1 atom stereocenters. The molecule has 88 valence electrons. The number of rotatable bonds is 4. The number of sulfone groups is 1. The Balaban J connectivity index is 2.50. The minimum absolute atomic E-state index is 0.139. The monoisotopic (exact) mass is 253 g/mol. The van der Waals surface area contributed by atoms with Gasteiger partial charge in [0.05, 0.1) is 5.75 Å². The van der Waals surface area contributed by atoms with E-state index in [9.17, 15) is 13.2 Å². The van der Waals surface area contributed by atoms with Crippen LogP contribution in [0.3, 0.4) is 0 Å². The van der Waals surface area contributed by atoms with Crippen molar-refractivity contribution in [1.82, 2.24) is 5.32 Å². The van der Waals surface area contributed by atoms with Gasteiger partial charge < -0.3 is 5.32 Å². The summed E-state index contributed by atoms with van der Waals surface area (Å²) < 4.78 is 23.1. The number of halogens is 1. The van der Waals surface area contributed by atoms with Crippen molar-refractivity contribution < 1.29 is 13.2 Å². The Kier molecular flexibility index (Phi) is 4.86. The maximum Gasteiger partial charge on any atom is 0.238 e. The second-order valence-electron chi connectivity index (χ2n) is 3.68. The zero-order chi connectivity index (χ0) is 11.3. The molecule has 1 aliphatic rings. The second kappa shape index (κ2) is 5.70. The van der Waals surface area contributed by atoms with Crippen LogP contribution in [0.1, 0.15) is 25.7 Å². The van der Waals surface area contributed by atoms with Crippen molar-refractivity contribution in [3.05, 3.63) is 0 Å². The molecule has 0 aromatic carbocycles. The zero-order valence-corrected chi connectivity index (χ0v) is 10.1. The van der Waals surface area contributed by atoms with E-state index in [1.165, 1.54) is 0 Å². The average molecular weight is 254 g/mol. The summed E-state index contributed by atoms with van der Waals surface area (Å²) >= 11 is 5.46. The topological polar surface area (TPSA) is 63.2 Å². The Morgan fingerprint density at radius 1 is 1.40 bits per heavy atom. The van der Waals surface area contributed by atoms with Gasteiger partial charge in [0.25, 0.3) is 0 Å². The summed E-state index contributed by atoms with van der Waals surface area (Å²) in [6.07, 6.45) is 2.61. The number of alkyl halides is 1. The number of carbonyl (C=O) groups excluding carboxylic acids is 1. The van der Waals surface area contributed by atoms with Crippen molar-refractivity contribution in [2.45, 2.75) is 30.9 Å². The quantitative estimate of drug-likeness (QED) is 0.593. The molecule has 0 aliphatic carbocycles. The van der Waals surface area contributed by atoms with E-state index in [1.807, 2.05) is 0 Å². The fourth-order valence-electron chi connectivity index (χ4n) is 1.64. The number of nitrogens with one attached hydrogen (secondary N) is 1. The summed E-state index contributed by atoms with van der Waals surface area (Å²) in [6.45, 7) is 0.453. The minimum Gasteiger partial charge on any atom is -0.355 e. The van der Waals surface area contributed by atoms with Gasteiger partial charge >= 0.3 is 0 Å². The van der Waals surface area contributed by atoms with Crippen LogP contribution in [-0.4, -0.2) is 37.8 Å². The maximum absolute atomic E-state index is 11.6. The Labute approximate surface area is 95.3 Å². The summed E-state index contributed by atoms with van der Waals surface area (Å²) in [5.74, 6) is 0.248. The van der Waals surface area contributed by atoms with Crippen LogP contribution in [0.15, 0.2) is 0 Å². The van der Waals surface area contributed by atoms with Crippen molar-refractivity contribution >= 4 is 27.3 Å². The molecule has 15 heavy (non-hydrogen) atoms. The van der Waals surface area contributed by atoms with Crippen molar-refractivity contribution in [1.29, 1.82) is 0 Å². The largest absolute Gasteiger partial charge is 0.355 e. The van der Waals surface area contributed by atoms with Crippen molar-refractivity contribution in [2.24, 2.45) is 0 Å². The highest BCUT2D eigenvalue weighted by Gasteiger charge is 2.34. The van der Waals surface area contributed by atoms with Gasteiger partial charge in [-0.1, -0.05) is 6.42 Å². The number of hydrogen-bond acceptors (Lipinski definition) is 3. The van der Waals surface area contributed by atoms with Crippen molar-refractivity contribution in [3.8, 4) is 0 Å². The molecule has 1 N–H and O–H groups in total. The molecule has 1 aliphatic heterocycles. The third-order valence-corrected chi connectivity index (χ3v) is 4.92. The molecule has 1 rings (SSSR count). The van der Waals surface area contributed by atoms with E-state index in [0.717, 1.165) is 6.42 Å². The van der Waals surface area contributed by atoms with Crippen LogP contribution in [0.4, 0.5) is 0 Å². The summed E-state index contributed by atoms with van der Waals surface area (Å²) in [6, 6.07) is 0. The van der Waals surface area contributed by atoms with Gasteiger partial charge in [0.15, 0.2) is 9.84 Å². The molecule has 1 amide bonds. The maximum atomic E-state index is 11.6. The van der Waals surface area contributed by atoms with Crippen LogP contribution >= 0.6 is 11.6 Å². The van der Waals surface area contributed by atoms with Gasteiger partial charge in [-0.15, -0.1) is 11.6 Å². The Morgan fingerprint density at radius 2 is 2.13 bits per heavy atom. The molecule has 0 spiro atoms. The summed E-state index contributed by atoms with van der Waals surface area (Å²) in [7, 11) is -3.20. The van der Waals surface area contributed by atoms with E-state index in [4.69, 9.17) is 11.6 Å². The van der Waals surface area contributed by atoms with E-state index in [-0.39, 0.29) is 11.7 Å². The van der Waals surface area contributed by atoms with Gasteiger partial charge in [0, 0.05) is 12.4 Å². The first-order chi connectivity index (χ1) is 7.08. The fourth-order valence-corrected chi connectivity index (χ4v) is 3.60. The molecular formula is C9H16ClNO3S. The molecule has 0 aromatic rings. The lowest BCUT2D eigenvalue weighted by Crippen LogP contribution is -2.43. The van der Waals surface area contributed by atoms with Crippen LogP contribution in [-0.2, 0) is 14.6 Å². The number of amides is 1. The van der Waals surface area contributed by atoms with Crippen molar-refractivity contribution in [3.63, 3.8) is 0 Å². The molecular weight excluding hydrogens is 238 g/mol. The molecule has 0 bridgehead atoms. The van der Waals surface area contributed by atoms with E-state index >= 15 is 0 Å². The summed E-state index contributed by atoms with van der Waals surface area (Å²) in [5, 5.41) is 1.77. The Bertz CT molecular complexity index is 315. The van der Waals surface area contributed by atoms with Crippen LogP contribution in [0, 0.1) is 0 Å². The summed E-state index contributed by atoms with van der Waals surface area (Å²) in [5.41, 5.74) is 0. The molecule has 1 unspecified atom stereocenters. The van der Waals surface area contributed by atoms with Gasteiger partial charge in [0.1, 0.15) is 5.25 Å². The third-order valence-electron chi connectivity index (χ3n) is 2.48. The van der Waals surface area contributed by atoms with Crippen LogP contribution < -0.4 is 5.32 Å². The molecule has 0 aromatic heterocycles. The average Bonchev–Trinajstić information content (AvgIpc) is 2.17. The third kappa shape index (κ3) is 3.65. The molecule has 6 heteroatoms. The van der Waals surface area contributed by atoms with Gasteiger partial charge in [-0.2, -0.15) is 0 Å². The smallest absolute Gasteiger partial charge is 0.238 e. The van der Waals surface area contributed by atoms with Crippen molar-refractivity contribution in [2.75, 3.05) is 18.2 Å². The molecule has 1 heterocycles. The van der Waals surface area contributed by atoms with Gasteiger partial charge in [-0.3, -0.25) is 4.79 Å². The molecule has 1 saturated heterocycles. The van der Waals surface area contributed by atoms with Gasteiger partial charge in [-0.25, -0.2) is 8.42 Å². The summed E-state index contributed by atoms with van der Waals surface area (Å²) in [4.78, 5) is 11.6. The SMILES string of the molecule is O=C(NCCCCl)C1CCCCS1(=O)=O. The van der Waals surface area contributed by atoms with Gasteiger partial charge in [-0.05, 0) is 19.3 Å². The molecule has 0 saturated carbocycles. The van der Waals surface area contributed by atoms with E-state index in [0.29, 0.717) is 31.7 Å². The second-order valence-corrected chi connectivity index (χ2v) is 6.37. The Morgan fingerprint density at radius 3 is 2.73 bits per heavy atom. The first kappa shape index (κ1) is 12.8. The van der Waals surface area contributed by atoms with E-state index in [1.54, 1.807) is 0 Å². The van der Waals surface area contributed by atoms with Gasteiger partial charge in [0.2, 0.25) is 5.91 Å². The molecule has 1 fully saturated rings. The highest BCUT2D eigenvalue weighted by atomic mass is 35.5. The molecule has 4 nitrogen and oxygen atoms in total. The predicted octanol–water partition coefficient (Wildman–Crippen LogP) is 0.699. The van der Waals surface area contributed by atoms with Crippen LogP contribution in [0.2, 0.25) is 0 Å². The molecule has 0 radical (unpaired) electrons. The fraction of sp³-hybridized carbons (Fsp3) is 0.889. The normalized spacial score (nSPS) is 24.7. The minimum atomic E-state index is -3.20. The van der Waals surface area contributed by atoms with E-state index in [2.05, 4.69) is 5.32 Å². The van der Waals surface area contributed by atoms with Crippen LogP contribution in [0.25, 0.3) is 0 Å². The lowest BCUT2D eigenvalue weighted by molar-refractivity contribution is -0.120. The number of hydrogen-bond donors (Lipinski definition) is 1. The standard InChI is InChI=1S/C9H16ClNO3S/c10-5-3-6-11-9(12)8-4-1-2-7-15(8,13)14/h8H,1-7H2,(H,11,12). The van der Waals surface area contributed by atoms with E-state index < -0.39 is 15.1 Å². The first-order valence-corrected chi connectivity index (χ1v) is 7.38. The Hall–Kier alpha value is -0.290. The number of carbonyl (C=O) groups is 1. The highest BCUT2D eigenvalue weighted by Crippen LogP contribution is 2.19. The first-order valence-electron chi connectivity index (χ1n) is 5.13. The highest BCUT2D eigenvalue weighted by molar-refractivity contribution is 7.92. The lowest BCUT2D eigenvalue weighted by atomic mass is 10.2. The van der Waals surface area contributed by atoms with Crippen LogP contribution in [0.5, 0.6) is 0 Å². The zero-order valence-electron chi connectivity index (χ0n) is 8.54. The lowest BCUT2D eigenvalue weighted by Gasteiger charge is -2.21. The predicted molar refractivity (Wildman–Crippen MR) is 59.8 cm³/mol.